The van der Waals surface area contributed by atoms with Crippen LogP contribution in [-0.2, 0) is 0 Å². The Balaban J connectivity index is 2.21. The molecule has 0 saturated heterocycles. The Hall–Kier alpha value is -2.59. The van der Waals surface area contributed by atoms with E-state index in [0.717, 1.165) is 40.1 Å². The number of rotatable bonds is 6. The van der Waals surface area contributed by atoms with Gasteiger partial charge in [-0.1, -0.05) is 18.2 Å². The molecule has 4 heteroatoms. The Morgan fingerprint density at radius 2 is 1.84 bits per heavy atom. The van der Waals surface area contributed by atoms with Crippen molar-refractivity contribution in [1.82, 2.24) is 9.47 Å². The predicted molar refractivity (Wildman–Crippen MR) is 102 cm³/mol. The lowest BCUT2D eigenvalue weighted by atomic mass is 10.0. The minimum absolute atomic E-state index is 0.166. The van der Waals surface area contributed by atoms with Crippen LogP contribution < -0.4 is 4.74 Å². The van der Waals surface area contributed by atoms with E-state index in [1.807, 2.05) is 62.3 Å². The maximum Gasteiger partial charge on any atom is 0.166 e. The van der Waals surface area contributed by atoms with E-state index in [4.69, 9.17) is 4.74 Å². The molecule has 0 bridgehead atoms. The van der Waals surface area contributed by atoms with Crippen LogP contribution in [0.15, 0.2) is 48.5 Å². The Morgan fingerprint density at radius 1 is 1.12 bits per heavy atom. The maximum atomic E-state index is 12.9. The average molecular weight is 336 g/mol. The van der Waals surface area contributed by atoms with Crippen LogP contribution in [0.1, 0.15) is 22.5 Å². The molecule has 2 aromatic carbocycles. The molecule has 0 aliphatic heterocycles. The lowest BCUT2D eigenvalue weighted by Gasteiger charge is -2.10. The van der Waals surface area contributed by atoms with Crippen LogP contribution in [0.4, 0.5) is 0 Å². The summed E-state index contributed by atoms with van der Waals surface area (Å²) in [6.45, 7) is 2.75. The second-order valence-electron chi connectivity index (χ2n) is 6.49. The molecule has 130 valence electrons. The van der Waals surface area contributed by atoms with Gasteiger partial charge < -0.3 is 14.2 Å². The molecule has 0 atom stereocenters. The van der Waals surface area contributed by atoms with E-state index in [0.29, 0.717) is 6.42 Å². The number of carbonyl (C=O) groups excluding carboxylic acids is 1. The molecule has 0 radical (unpaired) electrons. The molecule has 4 nitrogen and oxygen atoms in total. The highest BCUT2D eigenvalue weighted by atomic mass is 16.5. The van der Waals surface area contributed by atoms with E-state index in [1.165, 1.54) is 0 Å². The quantitative estimate of drug-likeness (QED) is 0.636. The van der Waals surface area contributed by atoms with Crippen molar-refractivity contribution in [3.8, 4) is 11.4 Å². The zero-order chi connectivity index (χ0) is 18.0. The van der Waals surface area contributed by atoms with Gasteiger partial charge in [0.2, 0.25) is 0 Å². The standard InChI is InChI=1S/C21H24N2O2/c1-15-21(20(24)12-13-22(2)3)18-14-17(25-4)10-11-19(18)23(15)16-8-6-5-7-9-16/h5-11,14H,12-13H2,1-4H3. The molecule has 0 saturated carbocycles. The number of fused-ring (bicyclic) bond motifs is 1. The van der Waals surface area contributed by atoms with Gasteiger partial charge >= 0.3 is 0 Å². The fourth-order valence-electron chi connectivity index (χ4n) is 3.24. The van der Waals surface area contributed by atoms with Crippen LogP contribution >= 0.6 is 0 Å². The molecule has 3 rings (SSSR count). The third kappa shape index (κ3) is 3.30. The second-order valence-corrected chi connectivity index (χ2v) is 6.49. The molecule has 3 aromatic rings. The van der Waals surface area contributed by atoms with Crippen molar-refractivity contribution in [2.45, 2.75) is 13.3 Å². The normalized spacial score (nSPS) is 11.2. The molecule has 0 unspecified atom stereocenters. The number of hydrogen-bond acceptors (Lipinski definition) is 3. The smallest absolute Gasteiger partial charge is 0.166 e. The Bertz CT molecular complexity index is 895. The zero-order valence-electron chi connectivity index (χ0n) is 15.2. The summed E-state index contributed by atoms with van der Waals surface area (Å²) in [4.78, 5) is 15.0. The summed E-state index contributed by atoms with van der Waals surface area (Å²) in [5.41, 5.74) is 3.84. The first-order valence-electron chi connectivity index (χ1n) is 8.45. The summed E-state index contributed by atoms with van der Waals surface area (Å²) in [5.74, 6) is 0.929. The van der Waals surface area contributed by atoms with Gasteiger partial charge in [-0.25, -0.2) is 0 Å². The van der Waals surface area contributed by atoms with Gasteiger partial charge in [-0.3, -0.25) is 4.79 Å². The Morgan fingerprint density at radius 3 is 2.48 bits per heavy atom. The van der Waals surface area contributed by atoms with Gasteiger partial charge in [-0.15, -0.1) is 0 Å². The van der Waals surface area contributed by atoms with Crippen molar-refractivity contribution in [2.24, 2.45) is 0 Å². The van der Waals surface area contributed by atoms with Gasteiger partial charge in [0.1, 0.15) is 5.75 Å². The van der Waals surface area contributed by atoms with Crippen LogP contribution in [0, 0.1) is 6.92 Å². The molecule has 0 aliphatic rings. The van der Waals surface area contributed by atoms with E-state index in [-0.39, 0.29) is 5.78 Å². The highest BCUT2D eigenvalue weighted by Gasteiger charge is 2.21. The van der Waals surface area contributed by atoms with Crippen LogP contribution in [0.2, 0.25) is 0 Å². The molecule has 0 N–H and O–H groups in total. The van der Waals surface area contributed by atoms with Gasteiger partial charge in [0.15, 0.2) is 5.78 Å². The first kappa shape index (κ1) is 17.2. The summed E-state index contributed by atoms with van der Waals surface area (Å²) in [6, 6.07) is 16.1. The number of ketones is 1. The van der Waals surface area contributed by atoms with E-state index >= 15 is 0 Å². The maximum absolute atomic E-state index is 12.9. The van der Waals surface area contributed by atoms with Gasteiger partial charge in [-0.2, -0.15) is 0 Å². The van der Waals surface area contributed by atoms with E-state index in [1.54, 1.807) is 7.11 Å². The topological polar surface area (TPSA) is 34.5 Å². The number of hydrogen-bond donors (Lipinski definition) is 0. The van der Waals surface area contributed by atoms with Crippen molar-refractivity contribution in [1.29, 1.82) is 0 Å². The van der Waals surface area contributed by atoms with Crippen LogP contribution in [0.3, 0.4) is 0 Å². The van der Waals surface area contributed by atoms with Gasteiger partial charge in [-0.05, 0) is 51.4 Å². The monoisotopic (exact) mass is 336 g/mol. The van der Waals surface area contributed by atoms with Crippen molar-refractivity contribution in [2.75, 3.05) is 27.7 Å². The number of benzene rings is 2. The lowest BCUT2D eigenvalue weighted by molar-refractivity contribution is 0.0973. The Labute approximate surface area is 148 Å². The molecule has 1 aromatic heterocycles. The SMILES string of the molecule is COc1ccc2c(c1)c(C(=O)CCN(C)C)c(C)n2-c1ccccc1. The highest BCUT2D eigenvalue weighted by Crippen LogP contribution is 2.32. The summed E-state index contributed by atoms with van der Waals surface area (Å²) in [6.07, 6.45) is 0.499. The first-order chi connectivity index (χ1) is 12.0. The van der Waals surface area contributed by atoms with Crippen LogP contribution in [-0.4, -0.2) is 43.0 Å². The molecule has 0 fully saturated rings. The molecule has 0 amide bonds. The number of Topliss-reactive ketones (excluding diaryl/α,β-unsaturated/α-hetero) is 1. The zero-order valence-corrected chi connectivity index (χ0v) is 15.2. The minimum Gasteiger partial charge on any atom is -0.497 e. The van der Waals surface area contributed by atoms with Crippen molar-refractivity contribution >= 4 is 16.7 Å². The van der Waals surface area contributed by atoms with Crippen LogP contribution in [0.25, 0.3) is 16.6 Å². The minimum atomic E-state index is 0.166. The number of aromatic nitrogens is 1. The Kier molecular flexibility index (Phi) is 4.91. The summed E-state index contributed by atoms with van der Waals surface area (Å²) < 4.78 is 7.53. The van der Waals surface area contributed by atoms with E-state index in [9.17, 15) is 4.79 Å². The average Bonchev–Trinajstić information content (AvgIpc) is 2.91. The van der Waals surface area contributed by atoms with Crippen molar-refractivity contribution in [3.05, 3.63) is 59.8 Å². The lowest BCUT2D eigenvalue weighted by Crippen LogP contribution is -2.17. The number of ether oxygens (including phenoxy) is 1. The van der Waals surface area contributed by atoms with E-state index in [2.05, 4.69) is 16.7 Å². The van der Waals surface area contributed by atoms with Gasteiger partial charge in [0, 0.05) is 35.3 Å². The first-order valence-corrected chi connectivity index (χ1v) is 8.45. The predicted octanol–water partition coefficient (Wildman–Crippen LogP) is 4.08. The van der Waals surface area contributed by atoms with Crippen molar-refractivity contribution in [3.63, 3.8) is 0 Å². The molecule has 0 aliphatic carbocycles. The van der Waals surface area contributed by atoms with Crippen LogP contribution in [0.5, 0.6) is 5.75 Å². The number of methoxy groups -OCH3 is 1. The summed E-state index contributed by atoms with van der Waals surface area (Å²) in [7, 11) is 5.61. The third-order valence-electron chi connectivity index (χ3n) is 4.49. The fourth-order valence-corrected chi connectivity index (χ4v) is 3.24. The molecule has 1 heterocycles. The summed E-state index contributed by atoms with van der Waals surface area (Å²) >= 11 is 0. The highest BCUT2D eigenvalue weighted by molar-refractivity contribution is 6.10. The number of carbonyl (C=O) groups is 1. The third-order valence-corrected chi connectivity index (χ3v) is 4.49. The fraction of sp³-hybridized carbons (Fsp3) is 0.286. The van der Waals surface area contributed by atoms with Crippen molar-refractivity contribution < 1.29 is 9.53 Å². The van der Waals surface area contributed by atoms with Gasteiger partial charge in [0.25, 0.3) is 0 Å². The largest absolute Gasteiger partial charge is 0.497 e. The van der Waals surface area contributed by atoms with E-state index < -0.39 is 0 Å². The molecular weight excluding hydrogens is 312 g/mol. The molecule has 25 heavy (non-hydrogen) atoms. The summed E-state index contributed by atoms with van der Waals surface area (Å²) in [5, 5.41) is 0.949. The molecule has 0 spiro atoms. The number of para-hydroxylation sites is 1. The second kappa shape index (κ2) is 7.11. The number of nitrogens with zero attached hydrogens (tertiary/aromatic N) is 2. The molecular formula is C21H24N2O2. The van der Waals surface area contributed by atoms with Gasteiger partial charge in [0.05, 0.1) is 12.6 Å².